The van der Waals surface area contributed by atoms with Crippen LogP contribution >= 0.6 is 0 Å². The number of amides is 1. The fourth-order valence-electron chi connectivity index (χ4n) is 3.30. The molecule has 2 heterocycles. The van der Waals surface area contributed by atoms with Gasteiger partial charge >= 0.3 is 0 Å². The first-order chi connectivity index (χ1) is 12.2. The molecule has 1 aromatic heterocycles. The number of rotatable bonds is 5. The summed E-state index contributed by atoms with van der Waals surface area (Å²) in [6.07, 6.45) is 2.45. The van der Waals surface area contributed by atoms with Gasteiger partial charge in [0, 0.05) is 26.2 Å². The summed E-state index contributed by atoms with van der Waals surface area (Å²) in [5, 5.41) is 8.52. The van der Waals surface area contributed by atoms with Crippen LogP contribution in [0.2, 0.25) is 0 Å². The van der Waals surface area contributed by atoms with Crippen LogP contribution in [0.15, 0.2) is 42.5 Å². The van der Waals surface area contributed by atoms with Gasteiger partial charge in [-0.25, -0.2) is 0 Å². The van der Waals surface area contributed by atoms with Gasteiger partial charge in [0.05, 0.1) is 0 Å². The lowest BCUT2D eigenvalue weighted by molar-refractivity contribution is 0.0745. The van der Waals surface area contributed by atoms with Crippen molar-refractivity contribution in [1.29, 1.82) is 0 Å². The predicted octanol–water partition coefficient (Wildman–Crippen LogP) is 3.38. The van der Waals surface area contributed by atoms with E-state index < -0.39 is 0 Å². The summed E-state index contributed by atoms with van der Waals surface area (Å²) in [4.78, 5) is 16.8. The molecule has 0 saturated carbocycles. The van der Waals surface area contributed by atoms with Crippen molar-refractivity contribution in [3.8, 4) is 0 Å². The smallest absolute Gasteiger partial charge is 0.274 e. The maximum Gasteiger partial charge on any atom is 0.274 e. The van der Waals surface area contributed by atoms with Crippen LogP contribution in [-0.4, -0.2) is 40.6 Å². The molecule has 0 bridgehead atoms. The van der Waals surface area contributed by atoms with Crippen LogP contribution in [-0.2, 0) is 6.54 Å². The predicted molar refractivity (Wildman–Crippen MR) is 99.5 cm³/mol. The third kappa shape index (κ3) is 4.35. The zero-order chi connectivity index (χ0) is 17.6. The summed E-state index contributed by atoms with van der Waals surface area (Å²) in [6, 6.07) is 13.7. The molecular formula is C20H26N4O. The molecule has 25 heavy (non-hydrogen) atoms. The van der Waals surface area contributed by atoms with Crippen molar-refractivity contribution in [2.75, 3.05) is 24.5 Å². The third-order valence-electron chi connectivity index (χ3n) is 4.74. The fraction of sp³-hybridized carbons (Fsp3) is 0.450. The molecule has 2 aromatic rings. The van der Waals surface area contributed by atoms with E-state index in [2.05, 4.69) is 22.0 Å². The maximum atomic E-state index is 12.7. The molecule has 1 fully saturated rings. The van der Waals surface area contributed by atoms with E-state index in [0.717, 1.165) is 24.5 Å². The highest BCUT2D eigenvalue weighted by molar-refractivity contribution is 5.92. The molecule has 0 N–H and O–H groups in total. The molecule has 0 aliphatic carbocycles. The Balaban J connectivity index is 1.68. The second-order valence-electron chi connectivity index (χ2n) is 6.78. The number of nitrogens with zero attached hydrogens (tertiary/aromatic N) is 4. The number of hydrogen-bond donors (Lipinski definition) is 0. The zero-order valence-electron chi connectivity index (χ0n) is 15.1. The second-order valence-corrected chi connectivity index (χ2v) is 6.78. The first-order valence-electron chi connectivity index (χ1n) is 9.09. The normalized spacial score (nSPS) is 17.4. The number of anilines is 1. The number of aromatic nitrogens is 2. The Morgan fingerprint density at radius 1 is 1.20 bits per heavy atom. The molecule has 1 aliphatic heterocycles. The molecule has 1 aliphatic rings. The highest BCUT2D eigenvalue weighted by atomic mass is 16.2. The van der Waals surface area contributed by atoms with Crippen LogP contribution in [0.1, 0.15) is 42.7 Å². The minimum absolute atomic E-state index is 0.0718. The molecular weight excluding hydrogens is 312 g/mol. The largest absolute Gasteiger partial charge is 0.355 e. The number of hydrogen-bond acceptors (Lipinski definition) is 4. The van der Waals surface area contributed by atoms with Crippen molar-refractivity contribution < 1.29 is 4.79 Å². The monoisotopic (exact) mass is 338 g/mol. The minimum Gasteiger partial charge on any atom is -0.355 e. The van der Waals surface area contributed by atoms with Gasteiger partial charge in [-0.15, -0.1) is 10.2 Å². The maximum absolute atomic E-state index is 12.7. The summed E-state index contributed by atoms with van der Waals surface area (Å²) in [6.45, 7) is 7.50. The van der Waals surface area contributed by atoms with Gasteiger partial charge in [-0.05, 0) is 43.4 Å². The van der Waals surface area contributed by atoms with Gasteiger partial charge in [0.25, 0.3) is 5.91 Å². The Bertz CT molecular complexity index is 687. The quantitative estimate of drug-likeness (QED) is 0.839. The molecule has 1 unspecified atom stereocenters. The summed E-state index contributed by atoms with van der Waals surface area (Å²) in [5.74, 6) is 1.48. The van der Waals surface area contributed by atoms with Crippen molar-refractivity contribution in [2.24, 2.45) is 5.92 Å². The van der Waals surface area contributed by atoms with Gasteiger partial charge < -0.3 is 9.80 Å². The van der Waals surface area contributed by atoms with Crippen LogP contribution in [0.5, 0.6) is 0 Å². The molecule has 5 heteroatoms. The Labute approximate surface area is 149 Å². The molecule has 1 atom stereocenters. The van der Waals surface area contributed by atoms with Crippen LogP contribution in [0.3, 0.4) is 0 Å². The lowest BCUT2D eigenvalue weighted by Gasteiger charge is -2.31. The van der Waals surface area contributed by atoms with E-state index in [1.807, 2.05) is 43.3 Å². The summed E-state index contributed by atoms with van der Waals surface area (Å²) in [5.41, 5.74) is 1.52. The van der Waals surface area contributed by atoms with E-state index in [-0.39, 0.29) is 5.91 Å². The van der Waals surface area contributed by atoms with E-state index in [1.54, 1.807) is 11.0 Å². The Morgan fingerprint density at radius 3 is 2.64 bits per heavy atom. The second kappa shape index (κ2) is 8.10. The summed E-state index contributed by atoms with van der Waals surface area (Å²) < 4.78 is 0. The van der Waals surface area contributed by atoms with Gasteiger partial charge in [-0.3, -0.25) is 4.79 Å². The Kier molecular flexibility index (Phi) is 5.64. The lowest BCUT2D eigenvalue weighted by Crippen LogP contribution is -2.35. The van der Waals surface area contributed by atoms with Gasteiger partial charge in [0.1, 0.15) is 0 Å². The molecule has 1 amide bonds. The van der Waals surface area contributed by atoms with E-state index in [4.69, 9.17) is 0 Å². The van der Waals surface area contributed by atoms with Crippen molar-refractivity contribution >= 4 is 11.7 Å². The number of benzene rings is 1. The molecule has 5 nitrogen and oxygen atoms in total. The number of carbonyl (C=O) groups is 1. The van der Waals surface area contributed by atoms with E-state index in [9.17, 15) is 4.79 Å². The average molecular weight is 338 g/mol. The number of piperidine rings is 1. The standard InChI is InChI=1S/C20H26N4O/c1-3-23(15-17-9-5-4-6-10-17)20(25)18-11-12-19(22-21-18)24-13-7-8-16(2)14-24/h4-6,9-12,16H,3,7-8,13-15H2,1-2H3. The van der Waals surface area contributed by atoms with Crippen LogP contribution in [0, 0.1) is 5.92 Å². The summed E-state index contributed by atoms with van der Waals surface area (Å²) in [7, 11) is 0. The average Bonchev–Trinajstić information content (AvgIpc) is 2.66. The van der Waals surface area contributed by atoms with Crippen molar-refractivity contribution in [3.63, 3.8) is 0 Å². The molecule has 3 rings (SSSR count). The van der Waals surface area contributed by atoms with Crippen molar-refractivity contribution in [3.05, 3.63) is 53.7 Å². The zero-order valence-corrected chi connectivity index (χ0v) is 15.1. The topological polar surface area (TPSA) is 49.3 Å². The molecule has 132 valence electrons. The fourth-order valence-corrected chi connectivity index (χ4v) is 3.30. The highest BCUT2D eigenvalue weighted by Crippen LogP contribution is 2.20. The van der Waals surface area contributed by atoms with Crippen molar-refractivity contribution in [1.82, 2.24) is 15.1 Å². The van der Waals surface area contributed by atoms with E-state index in [0.29, 0.717) is 24.7 Å². The molecule has 1 saturated heterocycles. The van der Waals surface area contributed by atoms with Crippen molar-refractivity contribution in [2.45, 2.75) is 33.2 Å². The molecule has 0 spiro atoms. The Hall–Kier alpha value is -2.43. The SMILES string of the molecule is CCN(Cc1ccccc1)C(=O)c1ccc(N2CCCC(C)C2)nn1. The first-order valence-corrected chi connectivity index (χ1v) is 9.09. The van der Waals surface area contributed by atoms with Gasteiger partial charge in [0.15, 0.2) is 11.5 Å². The number of carbonyl (C=O) groups excluding carboxylic acids is 1. The minimum atomic E-state index is -0.0718. The third-order valence-corrected chi connectivity index (χ3v) is 4.74. The highest BCUT2D eigenvalue weighted by Gasteiger charge is 2.20. The van der Waals surface area contributed by atoms with Crippen LogP contribution < -0.4 is 4.90 Å². The van der Waals surface area contributed by atoms with Crippen LogP contribution in [0.25, 0.3) is 0 Å². The van der Waals surface area contributed by atoms with Crippen LogP contribution in [0.4, 0.5) is 5.82 Å². The van der Waals surface area contributed by atoms with E-state index in [1.165, 1.54) is 12.8 Å². The first kappa shape index (κ1) is 17.4. The van der Waals surface area contributed by atoms with Gasteiger partial charge in [0.2, 0.25) is 0 Å². The summed E-state index contributed by atoms with van der Waals surface area (Å²) >= 11 is 0. The molecule has 0 radical (unpaired) electrons. The Morgan fingerprint density at radius 2 is 2.00 bits per heavy atom. The van der Waals surface area contributed by atoms with Gasteiger partial charge in [-0.1, -0.05) is 37.3 Å². The van der Waals surface area contributed by atoms with Gasteiger partial charge in [-0.2, -0.15) is 0 Å². The lowest BCUT2D eigenvalue weighted by atomic mass is 10.0. The van der Waals surface area contributed by atoms with E-state index >= 15 is 0 Å². The molecule has 1 aromatic carbocycles.